The number of carboxylic acids is 1. The number of H-pyrrole nitrogens is 1. The summed E-state index contributed by atoms with van der Waals surface area (Å²) in [4.78, 5) is 56.8. The predicted molar refractivity (Wildman–Crippen MR) is 101 cm³/mol. The molecule has 2 aliphatic heterocycles. The number of carbonyl (C=O) groups excluding carboxylic acids is 3. The van der Waals surface area contributed by atoms with Gasteiger partial charge in [0.2, 0.25) is 17.7 Å². The first kappa shape index (κ1) is 20.8. The second-order valence-corrected chi connectivity index (χ2v) is 7.29. The lowest BCUT2D eigenvalue weighted by atomic mass is 10.1. The first-order valence-electron chi connectivity index (χ1n) is 9.76. The van der Waals surface area contributed by atoms with Gasteiger partial charge in [-0.3, -0.25) is 14.4 Å². The van der Waals surface area contributed by atoms with Crippen LogP contribution in [0.25, 0.3) is 0 Å². The molecule has 11 nitrogen and oxygen atoms in total. The summed E-state index contributed by atoms with van der Waals surface area (Å²) in [7, 11) is 0. The minimum Gasteiger partial charge on any atom is -0.480 e. The second-order valence-electron chi connectivity index (χ2n) is 7.29. The molecule has 2 aliphatic rings. The molecule has 1 aromatic rings. The smallest absolute Gasteiger partial charge is 0.326 e. The molecule has 0 radical (unpaired) electrons. The maximum atomic E-state index is 12.7. The first-order chi connectivity index (χ1) is 14.0. The standard InChI is InChI=1S/C18H26N6O5/c25-15(24-6-2-4-14(24)18(28)29)9-21-16(26)13(7-11-8-19-10-22-11)23-17(27)12-3-1-5-20-12/h8,10,12-14,20H,1-7,9H2,(H,19,22)(H,21,26)(H,23,27)(H,28,29). The van der Waals surface area contributed by atoms with Gasteiger partial charge in [0.15, 0.2) is 0 Å². The maximum absolute atomic E-state index is 12.7. The highest BCUT2D eigenvalue weighted by atomic mass is 16.4. The molecule has 0 aromatic carbocycles. The monoisotopic (exact) mass is 406 g/mol. The van der Waals surface area contributed by atoms with E-state index in [2.05, 4.69) is 25.9 Å². The van der Waals surface area contributed by atoms with Gasteiger partial charge in [-0.1, -0.05) is 0 Å². The lowest BCUT2D eigenvalue weighted by Crippen LogP contribution is -2.54. The summed E-state index contributed by atoms with van der Waals surface area (Å²) in [5.41, 5.74) is 0.668. The molecule has 2 fully saturated rings. The fourth-order valence-electron chi connectivity index (χ4n) is 3.72. The number of rotatable bonds is 8. The number of carboxylic acid groups (broad SMARTS) is 1. The highest BCUT2D eigenvalue weighted by Gasteiger charge is 2.34. The number of aliphatic carboxylic acids is 1. The van der Waals surface area contributed by atoms with E-state index in [1.807, 2.05) is 0 Å². The number of aromatic nitrogens is 2. The minimum absolute atomic E-state index is 0.194. The van der Waals surface area contributed by atoms with Gasteiger partial charge >= 0.3 is 5.97 Å². The van der Waals surface area contributed by atoms with Crippen molar-refractivity contribution < 1.29 is 24.3 Å². The van der Waals surface area contributed by atoms with E-state index in [1.54, 1.807) is 6.20 Å². The predicted octanol–water partition coefficient (Wildman–Crippen LogP) is -1.62. The number of imidazole rings is 1. The van der Waals surface area contributed by atoms with Crippen molar-refractivity contribution in [1.29, 1.82) is 0 Å². The number of carbonyl (C=O) groups is 4. The maximum Gasteiger partial charge on any atom is 0.326 e. The van der Waals surface area contributed by atoms with Crippen LogP contribution in [-0.2, 0) is 25.6 Å². The van der Waals surface area contributed by atoms with Crippen LogP contribution in [0.1, 0.15) is 31.4 Å². The van der Waals surface area contributed by atoms with Gasteiger partial charge in [-0.05, 0) is 32.2 Å². The van der Waals surface area contributed by atoms with E-state index in [4.69, 9.17) is 0 Å². The SMILES string of the molecule is O=C(NC(Cc1cnc[nH]1)C(=O)NCC(=O)N1CCCC1C(=O)O)C1CCCN1. The molecule has 11 heteroatoms. The zero-order chi connectivity index (χ0) is 20.8. The lowest BCUT2D eigenvalue weighted by Gasteiger charge is -2.23. The van der Waals surface area contributed by atoms with Gasteiger partial charge < -0.3 is 30.9 Å². The highest BCUT2D eigenvalue weighted by Crippen LogP contribution is 2.17. The summed E-state index contributed by atoms with van der Waals surface area (Å²) < 4.78 is 0. The Kier molecular flexibility index (Phi) is 6.81. The third-order valence-electron chi connectivity index (χ3n) is 5.26. The highest BCUT2D eigenvalue weighted by molar-refractivity contribution is 5.93. The second kappa shape index (κ2) is 9.50. The lowest BCUT2D eigenvalue weighted by molar-refractivity contribution is -0.148. The van der Waals surface area contributed by atoms with Crippen molar-refractivity contribution in [3.8, 4) is 0 Å². The molecule has 3 unspecified atom stereocenters. The third kappa shape index (κ3) is 5.31. The summed E-state index contributed by atoms with van der Waals surface area (Å²) in [6.07, 6.45) is 5.85. The van der Waals surface area contributed by atoms with E-state index >= 15 is 0 Å². The van der Waals surface area contributed by atoms with Crippen LogP contribution in [0.5, 0.6) is 0 Å². The first-order valence-corrected chi connectivity index (χ1v) is 9.76. The van der Waals surface area contributed by atoms with Crippen LogP contribution in [0, 0.1) is 0 Å². The zero-order valence-corrected chi connectivity index (χ0v) is 16.0. The van der Waals surface area contributed by atoms with Crippen LogP contribution >= 0.6 is 0 Å². The van der Waals surface area contributed by atoms with Crippen LogP contribution in [0.2, 0.25) is 0 Å². The van der Waals surface area contributed by atoms with Gasteiger partial charge in [-0.2, -0.15) is 0 Å². The van der Waals surface area contributed by atoms with E-state index in [1.165, 1.54) is 11.2 Å². The summed E-state index contributed by atoms with van der Waals surface area (Å²) in [5, 5.41) is 17.6. The van der Waals surface area contributed by atoms with Crippen molar-refractivity contribution in [3.05, 3.63) is 18.2 Å². The molecule has 3 heterocycles. The normalized spacial score (nSPS) is 22.3. The molecule has 3 atom stereocenters. The number of nitrogens with one attached hydrogen (secondary N) is 4. The Bertz CT molecular complexity index is 746. The molecule has 0 bridgehead atoms. The fourth-order valence-corrected chi connectivity index (χ4v) is 3.72. The average molecular weight is 406 g/mol. The topological polar surface area (TPSA) is 157 Å². The molecule has 3 rings (SSSR count). The van der Waals surface area contributed by atoms with Gasteiger partial charge in [0.05, 0.1) is 18.9 Å². The third-order valence-corrected chi connectivity index (χ3v) is 5.26. The van der Waals surface area contributed by atoms with Gasteiger partial charge in [0.1, 0.15) is 12.1 Å². The molecular formula is C18H26N6O5. The van der Waals surface area contributed by atoms with E-state index in [9.17, 15) is 24.3 Å². The van der Waals surface area contributed by atoms with E-state index in [-0.39, 0.29) is 24.9 Å². The molecule has 0 aliphatic carbocycles. The molecule has 3 amide bonds. The Morgan fingerprint density at radius 3 is 2.76 bits per heavy atom. The van der Waals surface area contributed by atoms with E-state index < -0.39 is 29.9 Å². The molecular weight excluding hydrogens is 380 g/mol. The quantitative estimate of drug-likeness (QED) is 0.347. The van der Waals surface area contributed by atoms with Crippen molar-refractivity contribution >= 4 is 23.7 Å². The molecule has 158 valence electrons. The molecule has 2 saturated heterocycles. The number of likely N-dealkylation sites (tertiary alicyclic amines) is 1. The largest absolute Gasteiger partial charge is 0.480 e. The van der Waals surface area contributed by atoms with Crippen LogP contribution in [0.4, 0.5) is 0 Å². The number of aromatic amines is 1. The van der Waals surface area contributed by atoms with Crippen molar-refractivity contribution in [3.63, 3.8) is 0 Å². The molecule has 29 heavy (non-hydrogen) atoms. The summed E-state index contributed by atoms with van der Waals surface area (Å²) in [5.74, 6) is -2.27. The minimum atomic E-state index is -1.05. The van der Waals surface area contributed by atoms with Gasteiger partial charge in [-0.15, -0.1) is 0 Å². The zero-order valence-electron chi connectivity index (χ0n) is 16.0. The average Bonchev–Trinajstić information content (AvgIpc) is 3.47. The van der Waals surface area contributed by atoms with Gasteiger partial charge in [0.25, 0.3) is 0 Å². The Balaban J connectivity index is 1.58. The summed E-state index contributed by atoms with van der Waals surface area (Å²) in [6.45, 7) is 0.789. The summed E-state index contributed by atoms with van der Waals surface area (Å²) >= 11 is 0. The number of nitrogens with zero attached hydrogens (tertiary/aromatic N) is 2. The van der Waals surface area contributed by atoms with E-state index in [0.29, 0.717) is 31.5 Å². The van der Waals surface area contributed by atoms with Crippen LogP contribution in [0.15, 0.2) is 12.5 Å². The van der Waals surface area contributed by atoms with Crippen LogP contribution in [-0.4, -0.2) is 81.4 Å². The molecule has 5 N–H and O–H groups in total. The van der Waals surface area contributed by atoms with Gasteiger partial charge in [0, 0.05) is 24.9 Å². The Labute approximate surface area is 167 Å². The van der Waals surface area contributed by atoms with Crippen LogP contribution in [0.3, 0.4) is 0 Å². The molecule has 0 spiro atoms. The van der Waals surface area contributed by atoms with Crippen molar-refractivity contribution in [2.45, 2.75) is 50.2 Å². The van der Waals surface area contributed by atoms with E-state index in [0.717, 1.165) is 13.0 Å². The van der Waals surface area contributed by atoms with Crippen molar-refractivity contribution in [2.24, 2.45) is 0 Å². The number of hydrogen-bond acceptors (Lipinski definition) is 6. The Morgan fingerprint density at radius 2 is 2.10 bits per heavy atom. The number of hydrogen-bond donors (Lipinski definition) is 5. The van der Waals surface area contributed by atoms with Crippen LogP contribution < -0.4 is 16.0 Å². The fraction of sp³-hybridized carbons (Fsp3) is 0.611. The van der Waals surface area contributed by atoms with Crippen molar-refractivity contribution in [1.82, 2.24) is 30.8 Å². The number of amides is 3. The molecule has 1 aromatic heterocycles. The Hall–Kier alpha value is -2.95. The summed E-state index contributed by atoms with van der Waals surface area (Å²) in [6, 6.07) is -2.07. The van der Waals surface area contributed by atoms with Crippen molar-refractivity contribution in [2.75, 3.05) is 19.6 Å². The van der Waals surface area contributed by atoms with Gasteiger partial charge in [-0.25, -0.2) is 9.78 Å². The Morgan fingerprint density at radius 1 is 1.28 bits per heavy atom. The molecule has 0 saturated carbocycles.